The van der Waals surface area contributed by atoms with Gasteiger partial charge in [-0.05, 0) is 49.2 Å². The van der Waals surface area contributed by atoms with Crippen molar-refractivity contribution in [2.75, 3.05) is 19.6 Å². The number of aromatic hydroxyl groups is 1. The lowest BCUT2D eigenvalue weighted by molar-refractivity contribution is 0.0953. The molecule has 0 spiro atoms. The maximum Gasteiger partial charge on any atom is 0.251 e. The normalized spacial score (nSPS) is 10.7. The van der Waals surface area contributed by atoms with Gasteiger partial charge >= 0.3 is 0 Å². The molecule has 0 fully saturated rings. The predicted molar refractivity (Wildman–Crippen MR) is 125 cm³/mol. The van der Waals surface area contributed by atoms with Gasteiger partial charge in [-0.3, -0.25) is 4.79 Å². The maximum absolute atomic E-state index is 12.0. The van der Waals surface area contributed by atoms with Gasteiger partial charge in [-0.1, -0.05) is 29.8 Å². The number of halogens is 2. The molecule has 0 aliphatic carbocycles. The summed E-state index contributed by atoms with van der Waals surface area (Å²) < 4.78 is 0. The number of carbonyl (C=O) groups is 1. The average Bonchev–Trinajstić information content (AvgIpc) is 2.65. The summed E-state index contributed by atoms with van der Waals surface area (Å²) in [6, 6.07) is 13.9. The van der Waals surface area contributed by atoms with Crippen molar-refractivity contribution in [3.05, 3.63) is 64.7 Å². The SMILES string of the molecule is CCNC(=NCc1cccc(Cl)c1)NCCCNC(=O)c1cccc(O)c1.I. The van der Waals surface area contributed by atoms with Gasteiger partial charge in [0.25, 0.3) is 5.91 Å². The third-order valence-electron chi connectivity index (χ3n) is 3.69. The molecule has 28 heavy (non-hydrogen) atoms. The molecule has 0 radical (unpaired) electrons. The van der Waals surface area contributed by atoms with E-state index in [1.807, 2.05) is 31.2 Å². The molecule has 2 aromatic rings. The summed E-state index contributed by atoms with van der Waals surface area (Å²) >= 11 is 5.99. The monoisotopic (exact) mass is 516 g/mol. The molecule has 0 bridgehead atoms. The lowest BCUT2D eigenvalue weighted by atomic mass is 10.2. The van der Waals surface area contributed by atoms with Crippen molar-refractivity contribution >= 4 is 47.4 Å². The van der Waals surface area contributed by atoms with Crippen LogP contribution in [0.5, 0.6) is 5.75 Å². The smallest absolute Gasteiger partial charge is 0.251 e. The summed E-state index contributed by atoms with van der Waals surface area (Å²) in [5.74, 6) is 0.597. The zero-order valence-electron chi connectivity index (χ0n) is 15.7. The molecule has 2 aromatic carbocycles. The van der Waals surface area contributed by atoms with E-state index in [4.69, 9.17) is 11.6 Å². The van der Waals surface area contributed by atoms with E-state index in [9.17, 15) is 9.90 Å². The van der Waals surface area contributed by atoms with Crippen LogP contribution >= 0.6 is 35.6 Å². The minimum Gasteiger partial charge on any atom is -0.508 e. The fourth-order valence-electron chi connectivity index (χ4n) is 2.39. The maximum atomic E-state index is 12.0. The summed E-state index contributed by atoms with van der Waals surface area (Å²) in [5.41, 5.74) is 1.48. The van der Waals surface area contributed by atoms with Gasteiger partial charge in [0.05, 0.1) is 6.54 Å². The van der Waals surface area contributed by atoms with E-state index in [1.54, 1.807) is 12.1 Å². The summed E-state index contributed by atoms with van der Waals surface area (Å²) in [6.07, 6.45) is 0.742. The minimum absolute atomic E-state index is 0. The van der Waals surface area contributed by atoms with Crippen LogP contribution in [-0.2, 0) is 6.54 Å². The Kier molecular flexibility index (Phi) is 11.4. The average molecular weight is 517 g/mol. The summed E-state index contributed by atoms with van der Waals surface area (Å²) in [6.45, 7) is 4.49. The number of hydrogen-bond donors (Lipinski definition) is 4. The number of benzene rings is 2. The molecular formula is C20H26ClIN4O2. The van der Waals surface area contributed by atoms with Crippen molar-refractivity contribution in [1.29, 1.82) is 0 Å². The number of aliphatic imine (C=N–C) groups is 1. The Morgan fingerprint density at radius 1 is 1.07 bits per heavy atom. The lowest BCUT2D eigenvalue weighted by Gasteiger charge is -2.12. The van der Waals surface area contributed by atoms with Crippen molar-refractivity contribution in [2.24, 2.45) is 4.99 Å². The van der Waals surface area contributed by atoms with Gasteiger partial charge in [-0.2, -0.15) is 0 Å². The third-order valence-corrected chi connectivity index (χ3v) is 3.93. The number of rotatable bonds is 8. The second kappa shape index (κ2) is 13.2. The number of nitrogens with zero attached hydrogens (tertiary/aromatic N) is 1. The third kappa shape index (κ3) is 8.79. The van der Waals surface area contributed by atoms with Crippen LogP contribution in [-0.4, -0.2) is 36.6 Å². The fraction of sp³-hybridized carbons (Fsp3) is 0.300. The molecule has 2 rings (SSSR count). The molecular weight excluding hydrogens is 491 g/mol. The summed E-state index contributed by atoms with van der Waals surface area (Å²) in [4.78, 5) is 16.5. The molecule has 1 amide bonds. The highest BCUT2D eigenvalue weighted by molar-refractivity contribution is 14.0. The van der Waals surface area contributed by atoms with Gasteiger partial charge < -0.3 is 21.1 Å². The Labute approximate surface area is 187 Å². The topological polar surface area (TPSA) is 85.8 Å². The van der Waals surface area contributed by atoms with E-state index < -0.39 is 0 Å². The molecule has 0 saturated carbocycles. The molecule has 0 saturated heterocycles. The fourth-order valence-corrected chi connectivity index (χ4v) is 2.61. The Balaban J connectivity index is 0.00000392. The highest BCUT2D eigenvalue weighted by Gasteiger charge is 2.05. The van der Waals surface area contributed by atoms with Crippen LogP contribution < -0.4 is 16.0 Å². The molecule has 0 atom stereocenters. The second-order valence-electron chi connectivity index (χ2n) is 5.91. The van der Waals surface area contributed by atoms with Crippen molar-refractivity contribution in [2.45, 2.75) is 19.9 Å². The van der Waals surface area contributed by atoms with E-state index in [-0.39, 0.29) is 35.6 Å². The summed E-state index contributed by atoms with van der Waals surface area (Å²) in [5, 5.41) is 19.4. The van der Waals surface area contributed by atoms with Crippen molar-refractivity contribution < 1.29 is 9.90 Å². The Hall–Kier alpha value is -2.00. The van der Waals surface area contributed by atoms with E-state index in [0.29, 0.717) is 30.2 Å². The first-order valence-corrected chi connectivity index (χ1v) is 9.30. The van der Waals surface area contributed by atoms with E-state index in [2.05, 4.69) is 20.9 Å². The first kappa shape index (κ1) is 24.0. The highest BCUT2D eigenvalue weighted by Crippen LogP contribution is 2.11. The molecule has 6 nitrogen and oxygen atoms in total. The molecule has 0 aliphatic rings. The largest absolute Gasteiger partial charge is 0.508 e. The van der Waals surface area contributed by atoms with Crippen LogP contribution in [0.25, 0.3) is 0 Å². The van der Waals surface area contributed by atoms with Gasteiger partial charge in [0.15, 0.2) is 5.96 Å². The van der Waals surface area contributed by atoms with Crippen molar-refractivity contribution in [3.8, 4) is 5.75 Å². The molecule has 0 aromatic heterocycles. The number of nitrogens with one attached hydrogen (secondary N) is 3. The molecule has 152 valence electrons. The molecule has 0 aliphatic heterocycles. The number of amides is 1. The first-order valence-electron chi connectivity index (χ1n) is 8.92. The van der Waals surface area contributed by atoms with Gasteiger partial charge in [0.1, 0.15) is 5.75 Å². The Bertz CT molecular complexity index is 786. The number of guanidine groups is 1. The van der Waals surface area contributed by atoms with Crippen LogP contribution in [0.1, 0.15) is 29.3 Å². The number of carbonyl (C=O) groups excluding carboxylic acids is 1. The lowest BCUT2D eigenvalue weighted by Crippen LogP contribution is -2.38. The molecule has 0 heterocycles. The number of hydrogen-bond acceptors (Lipinski definition) is 3. The van der Waals surface area contributed by atoms with Crippen molar-refractivity contribution in [3.63, 3.8) is 0 Å². The molecule has 0 unspecified atom stereocenters. The Morgan fingerprint density at radius 3 is 2.54 bits per heavy atom. The highest BCUT2D eigenvalue weighted by atomic mass is 127. The van der Waals surface area contributed by atoms with Crippen LogP contribution in [0.3, 0.4) is 0 Å². The minimum atomic E-state index is -0.201. The zero-order chi connectivity index (χ0) is 19.5. The second-order valence-corrected chi connectivity index (χ2v) is 6.35. The van der Waals surface area contributed by atoms with Gasteiger partial charge in [-0.25, -0.2) is 4.99 Å². The van der Waals surface area contributed by atoms with Gasteiger partial charge in [-0.15, -0.1) is 24.0 Å². The van der Waals surface area contributed by atoms with Gasteiger partial charge in [0, 0.05) is 30.2 Å². The van der Waals surface area contributed by atoms with Crippen molar-refractivity contribution in [1.82, 2.24) is 16.0 Å². The molecule has 4 N–H and O–H groups in total. The van der Waals surface area contributed by atoms with Crippen LogP contribution in [0, 0.1) is 0 Å². The van der Waals surface area contributed by atoms with Crippen LogP contribution in [0.4, 0.5) is 0 Å². The van der Waals surface area contributed by atoms with Crippen LogP contribution in [0.15, 0.2) is 53.5 Å². The first-order chi connectivity index (χ1) is 13.1. The standard InChI is InChI=1S/C20H25ClN4O2.HI/c1-2-22-20(25-14-15-6-3-8-17(21)12-15)24-11-5-10-23-19(27)16-7-4-9-18(26)13-16;/h3-4,6-9,12-13,26H,2,5,10-11,14H2,1H3,(H,23,27)(H2,22,24,25);1H. The Morgan fingerprint density at radius 2 is 1.82 bits per heavy atom. The van der Waals surface area contributed by atoms with E-state index >= 15 is 0 Å². The summed E-state index contributed by atoms with van der Waals surface area (Å²) in [7, 11) is 0. The van der Waals surface area contributed by atoms with Gasteiger partial charge in [0.2, 0.25) is 0 Å². The zero-order valence-corrected chi connectivity index (χ0v) is 18.8. The quantitative estimate of drug-likeness (QED) is 0.187. The van der Waals surface area contributed by atoms with E-state index in [1.165, 1.54) is 12.1 Å². The van der Waals surface area contributed by atoms with E-state index in [0.717, 1.165) is 24.5 Å². The number of phenols is 1. The number of phenolic OH excluding ortho intramolecular Hbond substituents is 1. The van der Waals surface area contributed by atoms with Crippen LogP contribution in [0.2, 0.25) is 5.02 Å². The predicted octanol–water partition coefficient (Wildman–Crippen LogP) is 3.54. The molecule has 8 heteroatoms.